The Labute approximate surface area is 169 Å². The lowest BCUT2D eigenvalue weighted by Crippen LogP contribution is -2.54. The van der Waals surface area contributed by atoms with E-state index in [-0.39, 0.29) is 12.5 Å². The summed E-state index contributed by atoms with van der Waals surface area (Å²) in [6.07, 6.45) is -2.29. The smallest absolute Gasteiger partial charge is 0.357 e. The zero-order chi connectivity index (χ0) is 21.4. The average molecular weight is 420 g/mol. The van der Waals surface area contributed by atoms with E-state index in [9.17, 15) is 22.8 Å². The highest BCUT2D eigenvalue weighted by molar-refractivity contribution is 5.85. The first-order chi connectivity index (χ1) is 13.7. The van der Waals surface area contributed by atoms with Crippen LogP contribution in [0.4, 0.5) is 13.2 Å². The van der Waals surface area contributed by atoms with Crippen molar-refractivity contribution in [2.45, 2.75) is 25.9 Å². The molecular weight excluding hydrogens is 389 g/mol. The number of rotatable bonds is 6. The quantitative estimate of drug-likeness (QED) is 0.492. The number of hydrogen-bond acceptors (Lipinski definition) is 4. The maximum Gasteiger partial charge on any atom is 0.406 e. The molecular formula is C18H31F3N6O2. The summed E-state index contributed by atoms with van der Waals surface area (Å²) in [5, 5.41) is 3.08. The highest BCUT2D eigenvalue weighted by Crippen LogP contribution is 2.15. The molecule has 2 heterocycles. The van der Waals surface area contributed by atoms with Crippen LogP contribution in [0.15, 0.2) is 4.99 Å². The van der Waals surface area contributed by atoms with Crippen LogP contribution in [-0.4, -0.2) is 116 Å². The topological polar surface area (TPSA) is 71.5 Å². The third kappa shape index (κ3) is 7.71. The van der Waals surface area contributed by atoms with Gasteiger partial charge < -0.3 is 20.0 Å². The Hall–Kier alpha value is -2.04. The van der Waals surface area contributed by atoms with E-state index in [0.29, 0.717) is 50.1 Å². The van der Waals surface area contributed by atoms with Gasteiger partial charge in [-0.3, -0.25) is 14.5 Å². The van der Waals surface area contributed by atoms with Gasteiger partial charge in [-0.1, -0.05) is 0 Å². The number of halogens is 3. The Morgan fingerprint density at radius 1 is 1.03 bits per heavy atom. The number of nitrogens with zero attached hydrogens (tertiary/aromatic N) is 5. The van der Waals surface area contributed by atoms with Gasteiger partial charge in [0.15, 0.2) is 5.96 Å². The molecule has 2 rings (SSSR count). The molecule has 0 bridgehead atoms. The van der Waals surface area contributed by atoms with Crippen LogP contribution in [0.1, 0.15) is 19.8 Å². The lowest BCUT2D eigenvalue weighted by molar-refractivity contribution is -0.157. The number of carbonyl (C=O) groups is 2. The molecule has 11 heteroatoms. The fraction of sp³-hybridized carbons (Fsp3) is 0.833. The van der Waals surface area contributed by atoms with Crippen molar-refractivity contribution >= 4 is 17.8 Å². The predicted molar refractivity (Wildman–Crippen MR) is 103 cm³/mol. The first-order valence-electron chi connectivity index (χ1n) is 10.0. The largest absolute Gasteiger partial charge is 0.406 e. The van der Waals surface area contributed by atoms with Gasteiger partial charge in [0.25, 0.3) is 0 Å². The third-order valence-electron chi connectivity index (χ3n) is 5.03. The second-order valence-corrected chi connectivity index (χ2v) is 7.39. The number of nitrogens with one attached hydrogen (secondary N) is 1. The van der Waals surface area contributed by atoms with Crippen molar-refractivity contribution in [2.24, 2.45) is 4.99 Å². The molecule has 0 aromatic rings. The molecule has 2 aliphatic rings. The molecule has 0 saturated carbocycles. The molecule has 166 valence electrons. The average Bonchev–Trinajstić information content (AvgIpc) is 3.19. The normalized spacial score (nSPS) is 18.9. The van der Waals surface area contributed by atoms with Crippen LogP contribution in [0, 0.1) is 0 Å². The Morgan fingerprint density at radius 3 is 2.21 bits per heavy atom. The number of likely N-dealkylation sites (tertiary alicyclic amines) is 1. The van der Waals surface area contributed by atoms with Crippen LogP contribution >= 0.6 is 0 Å². The maximum absolute atomic E-state index is 12.4. The van der Waals surface area contributed by atoms with E-state index >= 15 is 0 Å². The maximum atomic E-state index is 12.4. The van der Waals surface area contributed by atoms with Gasteiger partial charge in [0.2, 0.25) is 11.8 Å². The standard InChI is InChI=1S/C18H31F3N6O2/c1-3-22-17(23-12-15(28)24(2)14-18(19,20)21)27-10-8-25(9-11-27)13-16(29)26-6-4-5-7-26/h3-14H2,1-2H3,(H,22,23). The minimum absolute atomic E-state index is 0.162. The molecule has 8 nitrogen and oxygen atoms in total. The van der Waals surface area contributed by atoms with Gasteiger partial charge in [0, 0.05) is 52.9 Å². The lowest BCUT2D eigenvalue weighted by Gasteiger charge is -2.36. The SMILES string of the molecule is CCNC(=NCC(=O)N(C)CC(F)(F)F)N1CCN(CC(=O)N2CCCC2)CC1. The molecule has 29 heavy (non-hydrogen) atoms. The van der Waals surface area contributed by atoms with E-state index in [1.807, 2.05) is 16.7 Å². The number of carbonyl (C=O) groups excluding carboxylic acids is 2. The Kier molecular flexibility index (Phi) is 8.54. The molecule has 0 aliphatic carbocycles. The van der Waals surface area contributed by atoms with E-state index in [2.05, 4.69) is 15.2 Å². The molecule has 0 radical (unpaired) electrons. The summed E-state index contributed by atoms with van der Waals surface area (Å²) in [6, 6.07) is 0. The summed E-state index contributed by atoms with van der Waals surface area (Å²) in [7, 11) is 1.12. The zero-order valence-corrected chi connectivity index (χ0v) is 17.2. The number of likely N-dealkylation sites (N-methyl/N-ethyl adjacent to an activating group) is 1. The summed E-state index contributed by atoms with van der Waals surface area (Å²) >= 11 is 0. The molecule has 2 saturated heterocycles. The van der Waals surface area contributed by atoms with Crippen LogP contribution in [0.3, 0.4) is 0 Å². The number of hydrogen-bond donors (Lipinski definition) is 1. The van der Waals surface area contributed by atoms with Crippen molar-refractivity contribution < 1.29 is 22.8 Å². The first kappa shape index (κ1) is 23.2. The second-order valence-electron chi connectivity index (χ2n) is 7.39. The van der Waals surface area contributed by atoms with Gasteiger partial charge in [-0.25, -0.2) is 4.99 Å². The Bertz CT molecular complexity index is 585. The van der Waals surface area contributed by atoms with Crippen molar-refractivity contribution in [1.82, 2.24) is 24.9 Å². The van der Waals surface area contributed by atoms with E-state index in [4.69, 9.17) is 0 Å². The van der Waals surface area contributed by atoms with Crippen molar-refractivity contribution in [3.8, 4) is 0 Å². The van der Waals surface area contributed by atoms with Gasteiger partial charge in [-0.2, -0.15) is 13.2 Å². The van der Waals surface area contributed by atoms with Gasteiger partial charge in [0.1, 0.15) is 13.1 Å². The molecule has 2 aliphatic heterocycles. The van der Waals surface area contributed by atoms with Crippen LogP contribution in [0.5, 0.6) is 0 Å². The molecule has 0 aromatic heterocycles. The fourth-order valence-electron chi connectivity index (χ4n) is 3.42. The number of amides is 2. The second kappa shape index (κ2) is 10.7. The Morgan fingerprint density at radius 2 is 1.66 bits per heavy atom. The van der Waals surface area contributed by atoms with Crippen molar-refractivity contribution in [1.29, 1.82) is 0 Å². The third-order valence-corrected chi connectivity index (χ3v) is 5.03. The van der Waals surface area contributed by atoms with Crippen molar-refractivity contribution in [3.63, 3.8) is 0 Å². The molecule has 0 atom stereocenters. The van der Waals surface area contributed by atoms with Gasteiger partial charge in [0.05, 0.1) is 6.54 Å². The minimum Gasteiger partial charge on any atom is -0.357 e. The molecule has 0 unspecified atom stereocenters. The summed E-state index contributed by atoms with van der Waals surface area (Å²) < 4.78 is 37.3. The van der Waals surface area contributed by atoms with E-state index in [1.54, 1.807) is 0 Å². The zero-order valence-electron chi connectivity index (χ0n) is 17.2. The van der Waals surface area contributed by atoms with Gasteiger partial charge in [-0.15, -0.1) is 0 Å². The van der Waals surface area contributed by atoms with E-state index in [1.165, 1.54) is 0 Å². The van der Waals surface area contributed by atoms with E-state index < -0.39 is 18.6 Å². The highest BCUT2D eigenvalue weighted by atomic mass is 19.4. The molecule has 1 N–H and O–H groups in total. The molecule has 2 fully saturated rings. The monoisotopic (exact) mass is 420 g/mol. The fourth-order valence-corrected chi connectivity index (χ4v) is 3.42. The Balaban J connectivity index is 1.83. The van der Waals surface area contributed by atoms with Crippen LogP contribution < -0.4 is 5.32 Å². The summed E-state index contributed by atoms with van der Waals surface area (Å²) in [4.78, 5) is 35.0. The minimum atomic E-state index is -4.43. The lowest BCUT2D eigenvalue weighted by atomic mass is 10.3. The number of aliphatic imine (C=N–C) groups is 1. The molecule has 2 amide bonds. The molecule has 0 spiro atoms. The van der Waals surface area contributed by atoms with Crippen LogP contribution in [0.2, 0.25) is 0 Å². The van der Waals surface area contributed by atoms with E-state index in [0.717, 1.165) is 33.0 Å². The number of guanidine groups is 1. The van der Waals surface area contributed by atoms with Crippen LogP contribution in [0.25, 0.3) is 0 Å². The highest BCUT2D eigenvalue weighted by Gasteiger charge is 2.31. The van der Waals surface area contributed by atoms with Gasteiger partial charge >= 0.3 is 6.18 Å². The molecule has 0 aromatic carbocycles. The summed E-state index contributed by atoms with van der Waals surface area (Å²) in [5.74, 6) is -0.0193. The van der Waals surface area contributed by atoms with Crippen molar-refractivity contribution in [2.75, 3.05) is 72.5 Å². The van der Waals surface area contributed by atoms with Gasteiger partial charge in [-0.05, 0) is 19.8 Å². The van der Waals surface area contributed by atoms with Crippen molar-refractivity contribution in [3.05, 3.63) is 0 Å². The summed E-state index contributed by atoms with van der Waals surface area (Å²) in [6.45, 7) is 5.55. The summed E-state index contributed by atoms with van der Waals surface area (Å²) in [5.41, 5.74) is 0. The number of alkyl halides is 3. The number of piperazine rings is 1. The predicted octanol–water partition coefficient (Wildman–Crippen LogP) is 0.213. The first-order valence-corrected chi connectivity index (χ1v) is 10.0. The van der Waals surface area contributed by atoms with Crippen LogP contribution in [-0.2, 0) is 9.59 Å².